The van der Waals surface area contributed by atoms with Crippen molar-refractivity contribution in [2.75, 3.05) is 13.2 Å². The zero-order valence-corrected chi connectivity index (χ0v) is 14.3. The molecule has 1 atom stereocenters. The van der Waals surface area contributed by atoms with Gasteiger partial charge in [-0.1, -0.05) is 18.5 Å². The van der Waals surface area contributed by atoms with Gasteiger partial charge in [0.2, 0.25) is 0 Å². The molecular weight excluding hydrogens is 322 g/mol. The van der Waals surface area contributed by atoms with E-state index in [2.05, 4.69) is 5.32 Å². The lowest BCUT2D eigenvalue weighted by molar-refractivity contribution is -0.137. The van der Waals surface area contributed by atoms with Gasteiger partial charge >= 0.3 is 5.97 Å². The summed E-state index contributed by atoms with van der Waals surface area (Å²) < 4.78 is 11.1. The monoisotopic (exact) mass is 343 g/mol. The van der Waals surface area contributed by atoms with Crippen LogP contribution in [-0.2, 0) is 4.79 Å². The number of hydrogen-bond acceptors (Lipinski definition) is 4. The van der Waals surface area contributed by atoms with Crippen LogP contribution in [0.25, 0.3) is 0 Å². The lowest BCUT2D eigenvalue weighted by Gasteiger charge is -2.16. The van der Waals surface area contributed by atoms with Crippen molar-refractivity contribution in [1.29, 1.82) is 0 Å². The number of amides is 1. The molecule has 6 nitrogen and oxygen atoms in total. The third-order valence-corrected chi connectivity index (χ3v) is 3.16. The van der Waals surface area contributed by atoms with Gasteiger partial charge in [0.25, 0.3) is 5.91 Å². The molecule has 0 aromatic heterocycles. The van der Waals surface area contributed by atoms with Crippen LogP contribution in [0.4, 0.5) is 0 Å². The molecule has 0 spiro atoms. The van der Waals surface area contributed by atoms with Crippen molar-refractivity contribution >= 4 is 23.5 Å². The third-order valence-electron chi connectivity index (χ3n) is 2.88. The molecule has 2 N–H and O–H groups in total. The van der Waals surface area contributed by atoms with Gasteiger partial charge in [0.1, 0.15) is 0 Å². The average molecular weight is 344 g/mol. The number of hydrogen-bond donors (Lipinski definition) is 2. The molecular formula is C16H22ClNO5. The van der Waals surface area contributed by atoms with E-state index in [0.29, 0.717) is 30.3 Å². The Morgan fingerprint density at radius 1 is 1.30 bits per heavy atom. The van der Waals surface area contributed by atoms with Crippen LogP contribution < -0.4 is 14.8 Å². The van der Waals surface area contributed by atoms with Gasteiger partial charge in [-0.3, -0.25) is 9.59 Å². The second kappa shape index (κ2) is 9.25. The predicted molar refractivity (Wildman–Crippen MR) is 87.6 cm³/mol. The highest BCUT2D eigenvalue weighted by atomic mass is 35.5. The quantitative estimate of drug-likeness (QED) is 0.719. The molecule has 1 rings (SSSR count). The van der Waals surface area contributed by atoms with Crippen LogP contribution in [0.5, 0.6) is 11.5 Å². The molecule has 23 heavy (non-hydrogen) atoms. The molecule has 0 saturated heterocycles. The van der Waals surface area contributed by atoms with Gasteiger partial charge in [0, 0.05) is 11.6 Å². The smallest absolute Gasteiger partial charge is 0.305 e. The minimum atomic E-state index is -0.978. The Bertz CT molecular complexity index is 562. The van der Waals surface area contributed by atoms with Gasteiger partial charge in [-0.05, 0) is 32.4 Å². The Kier molecular flexibility index (Phi) is 7.68. The van der Waals surface area contributed by atoms with Gasteiger partial charge < -0.3 is 19.9 Å². The standard InChI is InChI=1S/C16H22ClNO5/c1-4-6-23-15-12(17)8-11(9-13(15)22-5-2)16(21)18-10(3)7-14(19)20/h8-10H,4-7H2,1-3H3,(H,18,21)(H,19,20). The predicted octanol–water partition coefficient (Wildman–Crippen LogP) is 3.12. The number of nitrogens with one attached hydrogen (secondary N) is 1. The molecule has 1 aromatic rings. The van der Waals surface area contributed by atoms with Crippen LogP contribution in [0.3, 0.4) is 0 Å². The minimum absolute atomic E-state index is 0.157. The van der Waals surface area contributed by atoms with Crippen LogP contribution in [0.15, 0.2) is 12.1 Å². The number of carboxylic acid groups (broad SMARTS) is 1. The lowest BCUT2D eigenvalue weighted by atomic mass is 10.1. The molecule has 0 aliphatic rings. The highest BCUT2D eigenvalue weighted by Crippen LogP contribution is 2.36. The van der Waals surface area contributed by atoms with E-state index in [1.807, 2.05) is 13.8 Å². The molecule has 0 fully saturated rings. The van der Waals surface area contributed by atoms with Crippen LogP contribution in [0.2, 0.25) is 5.02 Å². The van der Waals surface area contributed by atoms with Gasteiger partial charge in [0.15, 0.2) is 11.5 Å². The Labute approximate surface area is 140 Å². The largest absolute Gasteiger partial charge is 0.490 e. The first-order valence-electron chi connectivity index (χ1n) is 7.50. The first-order chi connectivity index (χ1) is 10.9. The van der Waals surface area contributed by atoms with Crippen molar-refractivity contribution in [2.45, 2.75) is 39.7 Å². The number of rotatable bonds is 9. The summed E-state index contributed by atoms with van der Waals surface area (Å²) in [5, 5.41) is 11.6. The summed E-state index contributed by atoms with van der Waals surface area (Å²) in [5.74, 6) is -0.590. The zero-order valence-electron chi connectivity index (χ0n) is 13.5. The van der Waals surface area contributed by atoms with Gasteiger partial charge in [0.05, 0.1) is 24.7 Å². The summed E-state index contributed by atoms with van der Waals surface area (Å²) in [6.45, 7) is 6.30. The van der Waals surface area contributed by atoms with Crippen molar-refractivity contribution in [3.8, 4) is 11.5 Å². The summed E-state index contributed by atoms with van der Waals surface area (Å²) in [6.07, 6.45) is 0.659. The van der Waals surface area contributed by atoms with Crippen LogP contribution in [0.1, 0.15) is 44.0 Å². The normalized spacial score (nSPS) is 11.7. The van der Waals surface area contributed by atoms with E-state index in [4.69, 9.17) is 26.2 Å². The van der Waals surface area contributed by atoms with Crippen molar-refractivity contribution in [3.63, 3.8) is 0 Å². The molecule has 0 saturated carbocycles. The SMILES string of the molecule is CCCOc1c(Cl)cc(C(=O)NC(C)CC(=O)O)cc1OCC. The molecule has 7 heteroatoms. The summed E-state index contributed by atoms with van der Waals surface area (Å²) in [7, 11) is 0. The Morgan fingerprint density at radius 3 is 2.57 bits per heavy atom. The van der Waals surface area contributed by atoms with Crippen molar-refractivity contribution in [2.24, 2.45) is 0 Å². The fraction of sp³-hybridized carbons (Fsp3) is 0.500. The van der Waals surface area contributed by atoms with Crippen LogP contribution >= 0.6 is 11.6 Å². The number of carbonyl (C=O) groups is 2. The summed E-state index contributed by atoms with van der Waals surface area (Å²) >= 11 is 6.19. The second-order valence-corrected chi connectivity index (χ2v) is 5.45. The van der Waals surface area contributed by atoms with Crippen LogP contribution in [0, 0.1) is 0 Å². The summed E-state index contributed by atoms with van der Waals surface area (Å²) in [4.78, 5) is 22.9. The maximum absolute atomic E-state index is 12.2. The molecule has 0 radical (unpaired) electrons. The van der Waals surface area contributed by atoms with Crippen molar-refractivity contribution < 1.29 is 24.2 Å². The fourth-order valence-electron chi connectivity index (χ4n) is 1.93. The van der Waals surface area contributed by atoms with E-state index < -0.39 is 17.9 Å². The number of carboxylic acids is 1. The van der Waals surface area contributed by atoms with Crippen molar-refractivity contribution in [1.82, 2.24) is 5.32 Å². The zero-order chi connectivity index (χ0) is 17.4. The number of benzene rings is 1. The summed E-state index contributed by atoms with van der Waals surface area (Å²) in [5.41, 5.74) is 0.291. The first kappa shape index (κ1) is 19.1. The third kappa shape index (κ3) is 5.98. The minimum Gasteiger partial charge on any atom is -0.490 e. The Hall–Kier alpha value is -1.95. The number of ether oxygens (including phenoxy) is 2. The molecule has 0 aliphatic carbocycles. The second-order valence-electron chi connectivity index (χ2n) is 5.04. The lowest BCUT2D eigenvalue weighted by Crippen LogP contribution is -2.34. The van der Waals surface area contributed by atoms with E-state index in [1.165, 1.54) is 6.07 Å². The molecule has 1 aromatic carbocycles. The van der Waals surface area contributed by atoms with E-state index in [0.717, 1.165) is 6.42 Å². The highest BCUT2D eigenvalue weighted by molar-refractivity contribution is 6.32. The van der Waals surface area contributed by atoms with Crippen LogP contribution in [-0.4, -0.2) is 36.2 Å². The molecule has 0 bridgehead atoms. The van der Waals surface area contributed by atoms with E-state index in [-0.39, 0.29) is 11.4 Å². The maximum Gasteiger partial charge on any atom is 0.305 e. The highest BCUT2D eigenvalue weighted by Gasteiger charge is 2.18. The number of halogens is 1. The molecule has 1 amide bonds. The molecule has 128 valence electrons. The van der Waals surface area contributed by atoms with Gasteiger partial charge in [-0.25, -0.2) is 0 Å². The Balaban J connectivity index is 2.98. The molecule has 0 aliphatic heterocycles. The number of carbonyl (C=O) groups excluding carboxylic acids is 1. The van der Waals surface area contributed by atoms with E-state index in [1.54, 1.807) is 13.0 Å². The van der Waals surface area contributed by atoms with Gasteiger partial charge in [-0.2, -0.15) is 0 Å². The molecule has 1 unspecified atom stereocenters. The topological polar surface area (TPSA) is 84.9 Å². The first-order valence-corrected chi connectivity index (χ1v) is 7.88. The average Bonchev–Trinajstić information content (AvgIpc) is 2.45. The maximum atomic E-state index is 12.2. The summed E-state index contributed by atoms with van der Waals surface area (Å²) in [6, 6.07) is 2.53. The number of aliphatic carboxylic acids is 1. The van der Waals surface area contributed by atoms with Crippen molar-refractivity contribution in [3.05, 3.63) is 22.7 Å². The van der Waals surface area contributed by atoms with Gasteiger partial charge in [-0.15, -0.1) is 0 Å². The van der Waals surface area contributed by atoms with E-state index in [9.17, 15) is 9.59 Å². The fourth-order valence-corrected chi connectivity index (χ4v) is 2.19. The Morgan fingerprint density at radius 2 is 2.00 bits per heavy atom. The molecule has 0 heterocycles. The van der Waals surface area contributed by atoms with E-state index >= 15 is 0 Å².